The minimum absolute atomic E-state index is 0.394. The molecule has 2 aromatic carbocycles. The molecule has 1 aliphatic heterocycles. The zero-order valence-corrected chi connectivity index (χ0v) is 13.3. The van der Waals surface area contributed by atoms with E-state index in [1.807, 2.05) is 6.07 Å². The predicted octanol–water partition coefficient (Wildman–Crippen LogP) is 3.49. The second-order valence-electron chi connectivity index (χ2n) is 5.29. The van der Waals surface area contributed by atoms with Crippen molar-refractivity contribution in [2.45, 2.75) is 12.5 Å². The van der Waals surface area contributed by atoms with Crippen LogP contribution in [0.3, 0.4) is 0 Å². The summed E-state index contributed by atoms with van der Waals surface area (Å²) in [5.41, 5.74) is 2.55. The van der Waals surface area contributed by atoms with E-state index in [9.17, 15) is 9.18 Å². The monoisotopic (exact) mass is 329 g/mol. The first-order chi connectivity index (χ1) is 11.6. The van der Waals surface area contributed by atoms with E-state index < -0.39 is 17.9 Å². The van der Waals surface area contributed by atoms with Crippen LogP contribution in [0.15, 0.2) is 47.6 Å². The van der Waals surface area contributed by atoms with Gasteiger partial charge < -0.3 is 14.3 Å². The number of hydrogen-bond acceptors (Lipinski definition) is 5. The maximum atomic E-state index is 13.5. The Bertz CT molecular complexity index is 803. The van der Waals surface area contributed by atoms with Crippen LogP contribution >= 0.6 is 0 Å². The molecule has 6 heteroatoms. The number of carbonyl (C=O) groups excluding carboxylic acids is 1. The minimum Gasteiger partial charge on any atom is -0.485 e. The molecule has 0 fully saturated rings. The number of oxime groups is 1. The quantitative estimate of drug-likeness (QED) is 0.639. The first-order valence-electron chi connectivity index (χ1n) is 7.37. The Balaban J connectivity index is 1.99. The van der Waals surface area contributed by atoms with Gasteiger partial charge in [0.05, 0.1) is 18.4 Å². The molecular formula is C18H16FNO4. The molecule has 0 bridgehead atoms. The highest BCUT2D eigenvalue weighted by atomic mass is 19.1. The van der Waals surface area contributed by atoms with Gasteiger partial charge in [-0.05, 0) is 29.8 Å². The lowest BCUT2D eigenvalue weighted by molar-refractivity contribution is 0.0600. The van der Waals surface area contributed by atoms with E-state index in [0.29, 0.717) is 29.0 Å². The van der Waals surface area contributed by atoms with Gasteiger partial charge in [0.15, 0.2) is 0 Å². The Hall–Kier alpha value is -2.89. The topological polar surface area (TPSA) is 57.1 Å². The van der Waals surface area contributed by atoms with Crippen LogP contribution < -0.4 is 4.74 Å². The SMILES string of the molecule is CO/N=C1\CC(c2cccc(C(=O)OC)c2)Oc2cc(F)ccc21. The molecule has 124 valence electrons. The molecule has 0 saturated carbocycles. The summed E-state index contributed by atoms with van der Waals surface area (Å²) in [6, 6.07) is 11.2. The highest BCUT2D eigenvalue weighted by Crippen LogP contribution is 2.36. The predicted molar refractivity (Wildman–Crippen MR) is 85.7 cm³/mol. The Labute approximate surface area is 138 Å². The number of benzene rings is 2. The van der Waals surface area contributed by atoms with Crippen LogP contribution in [0.2, 0.25) is 0 Å². The summed E-state index contributed by atoms with van der Waals surface area (Å²) in [5.74, 6) is -0.426. The molecular weight excluding hydrogens is 313 g/mol. The highest BCUT2D eigenvalue weighted by molar-refractivity contribution is 6.03. The molecule has 5 nitrogen and oxygen atoms in total. The second kappa shape index (κ2) is 6.70. The lowest BCUT2D eigenvalue weighted by Gasteiger charge is -2.27. The molecule has 0 radical (unpaired) electrons. The van der Waals surface area contributed by atoms with E-state index in [1.165, 1.54) is 26.4 Å². The van der Waals surface area contributed by atoms with E-state index >= 15 is 0 Å². The van der Waals surface area contributed by atoms with Crippen molar-refractivity contribution in [3.8, 4) is 5.75 Å². The van der Waals surface area contributed by atoms with Crippen LogP contribution in [0.25, 0.3) is 0 Å². The van der Waals surface area contributed by atoms with Crippen molar-refractivity contribution < 1.29 is 23.5 Å². The summed E-state index contributed by atoms with van der Waals surface area (Å²) in [5, 5.41) is 4.03. The summed E-state index contributed by atoms with van der Waals surface area (Å²) >= 11 is 0. The minimum atomic E-state index is -0.426. The fraction of sp³-hybridized carbons (Fsp3) is 0.222. The lowest BCUT2D eigenvalue weighted by atomic mass is 9.95. The number of rotatable bonds is 3. The van der Waals surface area contributed by atoms with Gasteiger partial charge in [-0.15, -0.1) is 0 Å². The van der Waals surface area contributed by atoms with Gasteiger partial charge in [-0.1, -0.05) is 17.3 Å². The van der Waals surface area contributed by atoms with Gasteiger partial charge in [-0.25, -0.2) is 9.18 Å². The van der Waals surface area contributed by atoms with Crippen LogP contribution in [-0.2, 0) is 9.57 Å². The average molecular weight is 329 g/mol. The van der Waals surface area contributed by atoms with Crippen LogP contribution in [-0.4, -0.2) is 25.9 Å². The molecule has 2 aromatic rings. The van der Waals surface area contributed by atoms with Crippen molar-refractivity contribution in [1.29, 1.82) is 0 Å². The fourth-order valence-electron chi connectivity index (χ4n) is 2.68. The normalized spacial score (nSPS) is 17.8. The number of methoxy groups -OCH3 is 1. The highest BCUT2D eigenvalue weighted by Gasteiger charge is 2.27. The van der Waals surface area contributed by atoms with E-state index in [0.717, 1.165) is 5.56 Å². The van der Waals surface area contributed by atoms with Crippen LogP contribution in [0.1, 0.15) is 34.0 Å². The summed E-state index contributed by atoms with van der Waals surface area (Å²) in [7, 11) is 2.78. The lowest BCUT2D eigenvalue weighted by Crippen LogP contribution is -2.21. The number of carbonyl (C=O) groups is 1. The zero-order chi connectivity index (χ0) is 17.1. The third-order valence-electron chi connectivity index (χ3n) is 3.78. The van der Waals surface area contributed by atoms with Gasteiger partial charge in [0, 0.05) is 18.1 Å². The number of nitrogens with zero attached hydrogens (tertiary/aromatic N) is 1. The summed E-state index contributed by atoms with van der Waals surface area (Å²) in [6.45, 7) is 0. The van der Waals surface area contributed by atoms with Crippen molar-refractivity contribution >= 4 is 11.7 Å². The van der Waals surface area contributed by atoms with Crippen LogP contribution in [0, 0.1) is 5.82 Å². The van der Waals surface area contributed by atoms with Gasteiger partial charge in [0.1, 0.15) is 24.8 Å². The number of hydrogen-bond donors (Lipinski definition) is 0. The number of halogens is 1. The number of fused-ring (bicyclic) bond motifs is 1. The zero-order valence-electron chi connectivity index (χ0n) is 13.3. The molecule has 0 saturated heterocycles. The van der Waals surface area contributed by atoms with Crippen molar-refractivity contribution in [3.63, 3.8) is 0 Å². The average Bonchev–Trinajstić information content (AvgIpc) is 2.61. The Morgan fingerprint density at radius 1 is 1.25 bits per heavy atom. The smallest absolute Gasteiger partial charge is 0.337 e. The van der Waals surface area contributed by atoms with Crippen molar-refractivity contribution in [2.75, 3.05) is 14.2 Å². The third kappa shape index (κ3) is 3.08. The molecule has 0 amide bonds. The van der Waals surface area contributed by atoms with Gasteiger partial charge in [0.2, 0.25) is 0 Å². The molecule has 1 atom stereocenters. The Morgan fingerprint density at radius 3 is 2.83 bits per heavy atom. The summed E-state index contributed by atoms with van der Waals surface area (Å²) in [4.78, 5) is 16.6. The first kappa shape index (κ1) is 16.0. The Kier molecular flexibility index (Phi) is 4.46. The van der Waals surface area contributed by atoms with Gasteiger partial charge in [0.25, 0.3) is 0 Å². The van der Waals surface area contributed by atoms with Gasteiger partial charge in [-0.2, -0.15) is 0 Å². The van der Waals surface area contributed by atoms with E-state index in [4.69, 9.17) is 14.3 Å². The number of ether oxygens (including phenoxy) is 2. The van der Waals surface area contributed by atoms with Gasteiger partial charge >= 0.3 is 5.97 Å². The van der Waals surface area contributed by atoms with Crippen molar-refractivity contribution in [3.05, 3.63) is 65.0 Å². The summed E-state index contributed by atoms with van der Waals surface area (Å²) < 4.78 is 24.2. The van der Waals surface area contributed by atoms with Gasteiger partial charge in [-0.3, -0.25) is 0 Å². The van der Waals surface area contributed by atoms with E-state index in [1.54, 1.807) is 24.3 Å². The maximum Gasteiger partial charge on any atom is 0.337 e. The van der Waals surface area contributed by atoms with E-state index in [2.05, 4.69) is 5.16 Å². The molecule has 0 aliphatic carbocycles. The fourth-order valence-corrected chi connectivity index (χ4v) is 2.68. The standard InChI is InChI=1S/C18H16FNO4/c1-22-18(21)12-5-3-4-11(8-12)16-10-15(20-23-2)14-7-6-13(19)9-17(14)24-16/h3-9,16H,10H2,1-2H3/b20-15+. The molecule has 1 aliphatic rings. The van der Waals surface area contributed by atoms with Crippen molar-refractivity contribution in [1.82, 2.24) is 0 Å². The number of esters is 1. The van der Waals surface area contributed by atoms with Crippen LogP contribution in [0.4, 0.5) is 4.39 Å². The molecule has 0 N–H and O–H groups in total. The summed E-state index contributed by atoms with van der Waals surface area (Å²) in [6.07, 6.45) is 0.0368. The molecule has 1 unspecified atom stereocenters. The largest absolute Gasteiger partial charge is 0.485 e. The first-order valence-corrected chi connectivity index (χ1v) is 7.37. The second-order valence-corrected chi connectivity index (χ2v) is 5.29. The molecule has 3 rings (SSSR count). The Morgan fingerprint density at radius 2 is 2.08 bits per heavy atom. The van der Waals surface area contributed by atoms with Crippen LogP contribution in [0.5, 0.6) is 5.75 Å². The maximum absolute atomic E-state index is 13.5. The van der Waals surface area contributed by atoms with E-state index in [-0.39, 0.29) is 0 Å². The molecule has 0 aromatic heterocycles. The molecule has 1 heterocycles. The molecule has 0 spiro atoms. The third-order valence-corrected chi connectivity index (χ3v) is 3.78. The molecule has 24 heavy (non-hydrogen) atoms. The van der Waals surface area contributed by atoms with Crippen molar-refractivity contribution in [2.24, 2.45) is 5.16 Å².